The average Bonchev–Trinajstić information content (AvgIpc) is 3.25. The van der Waals surface area contributed by atoms with Crippen LogP contribution in [-0.4, -0.2) is 35.4 Å². The summed E-state index contributed by atoms with van der Waals surface area (Å²) in [4.78, 5) is 32.3. The minimum Gasteiger partial charge on any atom is -0.477 e. The average molecular weight is 484 g/mol. The molecule has 0 saturated heterocycles. The highest BCUT2D eigenvalue weighted by atomic mass is 19.4. The number of rotatable bonds is 5. The number of alkyl halides is 3. The van der Waals surface area contributed by atoms with Gasteiger partial charge in [0.05, 0.1) is 0 Å². The predicted molar refractivity (Wildman–Crippen MR) is 121 cm³/mol. The number of carboxylic acid groups (broad SMARTS) is 1. The molecule has 4 aromatic rings. The van der Waals surface area contributed by atoms with Crippen LogP contribution in [0, 0.1) is 13.8 Å². The van der Waals surface area contributed by atoms with Crippen LogP contribution >= 0.6 is 0 Å². The number of nitrogens with zero attached hydrogens (tertiary/aromatic N) is 5. The van der Waals surface area contributed by atoms with Crippen molar-refractivity contribution in [2.75, 3.05) is 5.32 Å². The molecule has 0 amide bonds. The topological polar surface area (TPSA) is 115 Å². The highest BCUT2D eigenvalue weighted by Crippen LogP contribution is 2.30. The number of aromatic carboxylic acids is 1. The normalized spacial score (nSPS) is 11.5. The number of benzene rings is 1. The molecule has 3 aromatic heterocycles. The summed E-state index contributed by atoms with van der Waals surface area (Å²) < 4.78 is 41.6. The molecule has 0 spiro atoms. The van der Waals surface area contributed by atoms with Crippen LogP contribution in [0.2, 0.25) is 0 Å². The van der Waals surface area contributed by atoms with Gasteiger partial charge in [-0.1, -0.05) is 6.07 Å². The Morgan fingerprint density at radius 2 is 1.80 bits per heavy atom. The molecule has 180 valence electrons. The first kappa shape index (κ1) is 23.7. The van der Waals surface area contributed by atoms with Crippen molar-refractivity contribution in [2.45, 2.75) is 20.0 Å². The van der Waals surface area contributed by atoms with E-state index < -0.39 is 29.0 Å². The zero-order chi connectivity index (χ0) is 25.5. The Labute approximate surface area is 196 Å². The number of anilines is 2. The van der Waals surface area contributed by atoms with E-state index in [-0.39, 0.29) is 22.9 Å². The van der Waals surface area contributed by atoms with Crippen LogP contribution in [-0.2, 0) is 13.2 Å². The standard InChI is InChI=1S/C23H19F3N6O3/c1-12-6-13(2)8-15(7-12)28-22-27-10-17(14-9-16(21(34)35)20(33)31(3)11-14)19(29-22)32-5-4-18(30-32)23(24,25)26/h4-11H,1-3H3,(H,34,35)(H,27,28,29). The molecule has 0 bridgehead atoms. The molecule has 3 heterocycles. The van der Waals surface area contributed by atoms with Crippen molar-refractivity contribution in [2.24, 2.45) is 7.05 Å². The number of carbonyl (C=O) groups is 1. The van der Waals surface area contributed by atoms with Gasteiger partial charge < -0.3 is 15.0 Å². The van der Waals surface area contributed by atoms with Gasteiger partial charge in [-0.25, -0.2) is 14.5 Å². The highest BCUT2D eigenvalue weighted by molar-refractivity contribution is 5.89. The second kappa shape index (κ2) is 8.70. The molecule has 12 heteroatoms. The molecule has 0 fully saturated rings. The van der Waals surface area contributed by atoms with Gasteiger partial charge in [0.15, 0.2) is 11.5 Å². The number of nitrogens with one attached hydrogen (secondary N) is 1. The van der Waals surface area contributed by atoms with E-state index in [2.05, 4.69) is 20.4 Å². The molecular weight excluding hydrogens is 465 g/mol. The summed E-state index contributed by atoms with van der Waals surface area (Å²) in [6, 6.07) is 7.60. The van der Waals surface area contributed by atoms with Gasteiger partial charge in [-0.3, -0.25) is 4.79 Å². The number of pyridine rings is 1. The molecule has 2 N–H and O–H groups in total. The Balaban J connectivity index is 1.89. The van der Waals surface area contributed by atoms with E-state index >= 15 is 0 Å². The van der Waals surface area contributed by atoms with E-state index in [1.807, 2.05) is 32.0 Å². The zero-order valence-electron chi connectivity index (χ0n) is 18.8. The van der Waals surface area contributed by atoms with Crippen molar-refractivity contribution in [1.29, 1.82) is 0 Å². The van der Waals surface area contributed by atoms with Crippen LogP contribution in [0.25, 0.3) is 16.9 Å². The lowest BCUT2D eigenvalue weighted by atomic mass is 10.1. The SMILES string of the molecule is Cc1cc(C)cc(Nc2ncc(-c3cc(C(=O)O)c(=O)n(C)c3)c(-n3ccc(C(F)(F)F)n3)n2)c1. The molecule has 0 aliphatic rings. The Hall–Kier alpha value is -4.48. The van der Waals surface area contributed by atoms with E-state index in [1.54, 1.807) is 0 Å². The van der Waals surface area contributed by atoms with Gasteiger partial charge in [0.2, 0.25) is 5.95 Å². The van der Waals surface area contributed by atoms with Gasteiger partial charge in [0, 0.05) is 42.5 Å². The second-order valence-electron chi connectivity index (χ2n) is 7.94. The zero-order valence-corrected chi connectivity index (χ0v) is 18.8. The monoisotopic (exact) mass is 484 g/mol. The number of halogens is 3. The summed E-state index contributed by atoms with van der Waals surface area (Å²) in [6.45, 7) is 3.82. The van der Waals surface area contributed by atoms with Gasteiger partial charge in [-0.15, -0.1) is 0 Å². The molecule has 0 unspecified atom stereocenters. The van der Waals surface area contributed by atoms with Gasteiger partial charge in [0.1, 0.15) is 5.56 Å². The Bertz CT molecular complexity index is 1490. The van der Waals surface area contributed by atoms with E-state index in [4.69, 9.17) is 0 Å². The summed E-state index contributed by atoms with van der Waals surface area (Å²) in [6.07, 6.45) is -0.906. The fourth-order valence-corrected chi connectivity index (χ4v) is 3.59. The first-order valence-corrected chi connectivity index (χ1v) is 10.2. The lowest BCUT2D eigenvalue weighted by Crippen LogP contribution is -2.24. The molecule has 1 aromatic carbocycles. The van der Waals surface area contributed by atoms with Gasteiger partial charge in [-0.05, 0) is 49.2 Å². The third kappa shape index (κ3) is 4.90. The fourth-order valence-electron chi connectivity index (χ4n) is 3.59. The van der Waals surface area contributed by atoms with Crippen LogP contribution in [0.4, 0.5) is 24.8 Å². The summed E-state index contributed by atoms with van der Waals surface area (Å²) >= 11 is 0. The number of carboxylic acids is 1. The summed E-state index contributed by atoms with van der Waals surface area (Å²) in [5, 5.41) is 16.0. The Morgan fingerprint density at radius 1 is 1.11 bits per heavy atom. The third-order valence-electron chi connectivity index (χ3n) is 5.07. The van der Waals surface area contributed by atoms with E-state index in [1.165, 1.54) is 19.4 Å². The molecule has 0 radical (unpaired) electrons. The van der Waals surface area contributed by atoms with Crippen molar-refractivity contribution in [1.82, 2.24) is 24.3 Å². The summed E-state index contributed by atoms with van der Waals surface area (Å²) in [7, 11) is 1.37. The molecule has 9 nitrogen and oxygen atoms in total. The maximum Gasteiger partial charge on any atom is 0.435 e. The molecule has 0 atom stereocenters. The fraction of sp³-hybridized carbons (Fsp3) is 0.174. The van der Waals surface area contributed by atoms with E-state index in [0.29, 0.717) is 5.69 Å². The molecule has 0 aliphatic heterocycles. The van der Waals surface area contributed by atoms with Crippen molar-refractivity contribution < 1.29 is 23.1 Å². The first-order valence-electron chi connectivity index (χ1n) is 10.2. The van der Waals surface area contributed by atoms with Crippen LogP contribution < -0.4 is 10.9 Å². The number of aryl methyl sites for hydroxylation is 3. The van der Waals surface area contributed by atoms with Gasteiger partial charge in [0.25, 0.3) is 5.56 Å². The summed E-state index contributed by atoms with van der Waals surface area (Å²) in [5.74, 6) is -1.40. The molecular formula is C23H19F3N6O3. The van der Waals surface area contributed by atoms with E-state index in [9.17, 15) is 27.9 Å². The molecule has 0 saturated carbocycles. The second-order valence-corrected chi connectivity index (χ2v) is 7.94. The van der Waals surface area contributed by atoms with Crippen LogP contribution in [0.5, 0.6) is 0 Å². The minimum absolute atomic E-state index is 0.0441. The number of aromatic nitrogens is 5. The lowest BCUT2D eigenvalue weighted by molar-refractivity contribution is -0.141. The lowest BCUT2D eigenvalue weighted by Gasteiger charge is -2.13. The molecule has 35 heavy (non-hydrogen) atoms. The van der Waals surface area contributed by atoms with Crippen LogP contribution in [0.3, 0.4) is 0 Å². The maximum atomic E-state index is 13.2. The quantitative estimate of drug-likeness (QED) is 0.438. The van der Waals surface area contributed by atoms with Crippen molar-refractivity contribution >= 4 is 17.6 Å². The third-order valence-corrected chi connectivity index (χ3v) is 5.07. The molecule has 0 aliphatic carbocycles. The van der Waals surface area contributed by atoms with Crippen molar-refractivity contribution in [3.05, 3.63) is 81.7 Å². The van der Waals surface area contributed by atoms with Crippen LogP contribution in [0.1, 0.15) is 27.2 Å². The van der Waals surface area contributed by atoms with Gasteiger partial charge in [-0.2, -0.15) is 23.3 Å². The van der Waals surface area contributed by atoms with Gasteiger partial charge >= 0.3 is 12.1 Å². The molecule has 4 rings (SSSR count). The maximum absolute atomic E-state index is 13.2. The number of hydrogen-bond acceptors (Lipinski definition) is 6. The minimum atomic E-state index is -4.67. The van der Waals surface area contributed by atoms with Crippen molar-refractivity contribution in [3.8, 4) is 16.9 Å². The van der Waals surface area contributed by atoms with E-state index in [0.717, 1.165) is 38.7 Å². The first-order chi connectivity index (χ1) is 16.4. The predicted octanol–water partition coefficient (Wildman–Crippen LogP) is 4.11. The largest absolute Gasteiger partial charge is 0.477 e. The Kier molecular flexibility index (Phi) is 5.89. The number of hydrogen-bond donors (Lipinski definition) is 2. The van der Waals surface area contributed by atoms with Crippen LogP contribution in [0.15, 0.2) is 53.7 Å². The Morgan fingerprint density at radius 3 is 2.40 bits per heavy atom. The van der Waals surface area contributed by atoms with Crippen molar-refractivity contribution in [3.63, 3.8) is 0 Å². The summed E-state index contributed by atoms with van der Waals surface area (Å²) in [5.41, 5.74) is 0.647. The smallest absolute Gasteiger partial charge is 0.435 e. The highest BCUT2D eigenvalue weighted by Gasteiger charge is 2.34.